The van der Waals surface area contributed by atoms with Gasteiger partial charge in [0.15, 0.2) is 0 Å². The first-order valence-electron chi connectivity index (χ1n) is 9.70. The molecule has 1 nitrogen and oxygen atoms in total. The first-order valence-corrected chi connectivity index (χ1v) is 9.70. The number of anilines is 1. The molecule has 1 N–H and O–H groups in total. The monoisotopic (exact) mass is 333 g/mol. The minimum Gasteiger partial charge on any atom is -0.378 e. The third kappa shape index (κ3) is 3.81. The summed E-state index contributed by atoms with van der Waals surface area (Å²) in [7, 11) is 0. The molecular weight excluding hydrogens is 302 g/mol. The van der Waals surface area contributed by atoms with E-state index in [0.717, 1.165) is 12.3 Å². The molecule has 0 bridgehead atoms. The summed E-state index contributed by atoms with van der Waals surface area (Å²) in [6.07, 6.45) is 5.73. The van der Waals surface area contributed by atoms with Gasteiger partial charge >= 0.3 is 0 Å². The average molecular weight is 334 g/mol. The van der Waals surface area contributed by atoms with Crippen molar-refractivity contribution in [2.75, 3.05) is 5.32 Å². The molecule has 0 aromatic heterocycles. The van der Waals surface area contributed by atoms with E-state index >= 15 is 0 Å². The van der Waals surface area contributed by atoms with Crippen LogP contribution in [0.2, 0.25) is 0 Å². The maximum atomic E-state index is 4.22. The van der Waals surface area contributed by atoms with Gasteiger partial charge in [-0.3, -0.25) is 0 Å². The van der Waals surface area contributed by atoms with Gasteiger partial charge in [0.05, 0.1) is 6.04 Å². The van der Waals surface area contributed by atoms with Gasteiger partial charge in [-0.1, -0.05) is 75.7 Å². The molecule has 3 rings (SSSR count). The SMILES string of the molecule is C=CC1c2cc(CC)ccc2NC(c2ccccc2)C1CCC(C)C. The van der Waals surface area contributed by atoms with E-state index in [1.165, 1.54) is 35.2 Å². The second-order valence-corrected chi connectivity index (χ2v) is 7.70. The van der Waals surface area contributed by atoms with Crippen LogP contribution in [-0.4, -0.2) is 0 Å². The lowest BCUT2D eigenvalue weighted by Crippen LogP contribution is -2.31. The third-order valence-corrected chi connectivity index (χ3v) is 5.57. The second kappa shape index (κ2) is 7.91. The Morgan fingerprint density at radius 2 is 1.88 bits per heavy atom. The molecule has 2 aromatic carbocycles. The van der Waals surface area contributed by atoms with Crippen molar-refractivity contribution in [1.29, 1.82) is 0 Å². The van der Waals surface area contributed by atoms with E-state index in [1.54, 1.807) is 0 Å². The maximum absolute atomic E-state index is 4.22. The van der Waals surface area contributed by atoms with Gasteiger partial charge < -0.3 is 5.32 Å². The van der Waals surface area contributed by atoms with Crippen LogP contribution in [0.5, 0.6) is 0 Å². The molecule has 2 aromatic rings. The topological polar surface area (TPSA) is 12.0 Å². The van der Waals surface area contributed by atoms with Gasteiger partial charge in [-0.05, 0) is 47.4 Å². The van der Waals surface area contributed by atoms with Crippen LogP contribution in [-0.2, 0) is 6.42 Å². The van der Waals surface area contributed by atoms with Crippen molar-refractivity contribution in [3.63, 3.8) is 0 Å². The number of aryl methyl sites for hydroxylation is 1. The smallest absolute Gasteiger partial charge is 0.0550 e. The standard InChI is InChI=1S/C24H31N/c1-5-18-13-15-23-22(16-18)20(6-2)21(14-12-17(3)4)24(25-23)19-10-8-7-9-11-19/h6-11,13,15-17,20-21,24-25H,2,5,12,14H2,1,3-4H3. The fourth-order valence-electron chi connectivity index (χ4n) is 4.12. The zero-order valence-electron chi connectivity index (χ0n) is 15.8. The largest absolute Gasteiger partial charge is 0.378 e. The fourth-order valence-corrected chi connectivity index (χ4v) is 4.12. The molecule has 0 amide bonds. The minimum atomic E-state index is 0.350. The van der Waals surface area contributed by atoms with E-state index in [2.05, 4.69) is 87.3 Å². The van der Waals surface area contributed by atoms with Crippen LogP contribution in [0.3, 0.4) is 0 Å². The van der Waals surface area contributed by atoms with Gasteiger partial charge in [0, 0.05) is 11.6 Å². The van der Waals surface area contributed by atoms with E-state index in [9.17, 15) is 0 Å². The highest BCUT2D eigenvalue weighted by Gasteiger charge is 2.35. The molecule has 1 heterocycles. The van der Waals surface area contributed by atoms with Crippen LogP contribution in [0.15, 0.2) is 61.2 Å². The molecule has 1 heteroatoms. The number of nitrogens with one attached hydrogen (secondary N) is 1. The summed E-state index contributed by atoms with van der Waals surface area (Å²) in [6.45, 7) is 11.1. The number of fused-ring (bicyclic) bond motifs is 1. The van der Waals surface area contributed by atoms with E-state index in [-0.39, 0.29) is 0 Å². The van der Waals surface area contributed by atoms with Crippen molar-refractivity contribution in [1.82, 2.24) is 0 Å². The molecule has 132 valence electrons. The Kier molecular flexibility index (Phi) is 5.63. The summed E-state index contributed by atoms with van der Waals surface area (Å²) in [4.78, 5) is 0. The number of allylic oxidation sites excluding steroid dienone is 1. The van der Waals surface area contributed by atoms with Crippen molar-refractivity contribution < 1.29 is 0 Å². The van der Waals surface area contributed by atoms with Crippen LogP contribution in [0.1, 0.15) is 62.3 Å². The predicted molar refractivity (Wildman–Crippen MR) is 109 cm³/mol. The summed E-state index contributed by atoms with van der Waals surface area (Å²) >= 11 is 0. The average Bonchev–Trinajstić information content (AvgIpc) is 2.65. The zero-order valence-corrected chi connectivity index (χ0v) is 15.8. The van der Waals surface area contributed by atoms with E-state index < -0.39 is 0 Å². The highest BCUT2D eigenvalue weighted by atomic mass is 14.9. The van der Waals surface area contributed by atoms with Gasteiger partial charge in [-0.25, -0.2) is 0 Å². The molecule has 0 radical (unpaired) electrons. The van der Waals surface area contributed by atoms with Gasteiger partial charge in [0.25, 0.3) is 0 Å². The third-order valence-electron chi connectivity index (χ3n) is 5.57. The lowest BCUT2D eigenvalue weighted by atomic mass is 9.72. The number of benzene rings is 2. The Morgan fingerprint density at radius 3 is 2.52 bits per heavy atom. The first kappa shape index (κ1) is 17.8. The van der Waals surface area contributed by atoms with Crippen LogP contribution >= 0.6 is 0 Å². The molecule has 1 aliphatic heterocycles. The quantitative estimate of drug-likeness (QED) is 0.577. The Morgan fingerprint density at radius 1 is 1.12 bits per heavy atom. The van der Waals surface area contributed by atoms with Crippen LogP contribution in [0, 0.1) is 11.8 Å². The number of rotatable bonds is 6. The van der Waals surface area contributed by atoms with Gasteiger partial charge in [0.2, 0.25) is 0 Å². The van der Waals surface area contributed by atoms with Crippen molar-refractivity contribution in [3.8, 4) is 0 Å². The van der Waals surface area contributed by atoms with Crippen molar-refractivity contribution in [3.05, 3.63) is 77.9 Å². The molecule has 0 fully saturated rings. The summed E-state index contributed by atoms with van der Waals surface area (Å²) < 4.78 is 0. The molecule has 3 unspecified atom stereocenters. The van der Waals surface area contributed by atoms with Gasteiger partial charge in [0.1, 0.15) is 0 Å². The summed E-state index contributed by atoms with van der Waals surface area (Å²) in [5, 5.41) is 3.85. The van der Waals surface area contributed by atoms with E-state index in [0.29, 0.717) is 17.9 Å². The molecule has 0 spiro atoms. The molecule has 0 saturated heterocycles. The molecule has 3 atom stereocenters. The number of hydrogen-bond donors (Lipinski definition) is 1. The summed E-state index contributed by atoms with van der Waals surface area (Å²) in [5.74, 6) is 1.68. The normalized spacial score (nSPS) is 22.3. The Hall–Kier alpha value is -2.02. The molecule has 25 heavy (non-hydrogen) atoms. The first-order chi connectivity index (χ1) is 12.1. The second-order valence-electron chi connectivity index (χ2n) is 7.70. The highest BCUT2D eigenvalue weighted by Crippen LogP contribution is 2.47. The Labute approximate surface area is 153 Å². The summed E-state index contributed by atoms with van der Waals surface area (Å²) in [5.41, 5.74) is 5.49. The lowest BCUT2D eigenvalue weighted by Gasteiger charge is -2.40. The zero-order chi connectivity index (χ0) is 17.8. The van der Waals surface area contributed by atoms with Crippen molar-refractivity contribution >= 4 is 5.69 Å². The van der Waals surface area contributed by atoms with Gasteiger partial charge in [-0.2, -0.15) is 0 Å². The maximum Gasteiger partial charge on any atom is 0.0550 e. The fraction of sp³-hybridized carbons (Fsp3) is 0.417. The van der Waals surface area contributed by atoms with Crippen LogP contribution < -0.4 is 5.32 Å². The lowest BCUT2D eigenvalue weighted by molar-refractivity contribution is 0.342. The van der Waals surface area contributed by atoms with Crippen LogP contribution in [0.25, 0.3) is 0 Å². The molecule has 0 aliphatic carbocycles. The summed E-state index contributed by atoms with van der Waals surface area (Å²) in [6, 6.07) is 18.2. The molecule has 0 saturated carbocycles. The van der Waals surface area contributed by atoms with Crippen molar-refractivity contribution in [2.45, 2.75) is 52.0 Å². The van der Waals surface area contributed by atoms with Gasteiger partial charge in [-0.15, -0.1) is 6.58 Å². The molecular formula is C24H31N. The number of hydrogen-bond acceptors (Lipinski definition) is 1. The van der Waals surface area contributed by atoms with E-state index in [4.69, 9.17) is 0 Å². The highest BCUT2D eigenvalue weighted by molar-refractivity contribution is 5.60. The minimum absolute atomic E-state index is 0.350. The Balaban J connectivity index is 2.03. The Bertz CT molecular complexity index is 701. The molecule has 1 aliphatic rings. The predicted octanol–water partition coefficient (Wildman–Crippen LogP) is 6.74. The van der Waals surface area contributed by atoms with Crippen molar-refractivity contribution in [2.24, 2.45) is 11.8 Å². The van der Waals surface area contributed by atoms with Crippen LogP contribution in [0.4, 0.5) is 5.69 Å². The van der Waals surface area contributed by atoms with E-state index in [1.807, 2.05) is 0 Å².